The number of carbonyl (C=O) groups excluding carboxylic acids is 1. The van der Waals surface area contributed by atoms with E-state index in [1.807, 2.05) is 13.8 Å². The lowest BCUT2D eigenvalue weighted by atomic mass is 9.80. The van der Waals surface area contributed by atoms with E-state index >= 15 is 0 Å². The molecule has 1 aromatic rings. The Bertz CT molecular complexity index is 574. The van der Waals surface area contributed by atoms with Gasteiger partial charge < -0.3 is 10.6 Å². The minimum atomic E-state index is -0.516. The van der Waals surface area contributed by atoms with Gasteiger partial charge >= 0.3 is 0 Å². The summed E-state index contributed by atoms with van der Waals surface area (Å²) in [6, 6.07) is 4.90. The summed E-state index contributed by atoms with van der Waals surface area (Å²) in [7, 11) is 0. The average molecular weight is 305 g/mol. The molecule has 0 bridgehead atoms. The van der Waals surface area contributed by atoms with E-state index in [1.165, 1.54) is 6.07 Å². The van der Waals surface area contributed by atoms with Crippen molar-refractivity contribution >= 4 is 11.6 Å². The zero-order valence-corrected chi connectivity index (χ0v) is 13.2. The molecule has 0 fully saturated rings. The molecule has 1 amide bonds. The topological polar surface area (TPSA) is 89.5 Å². The number of benzene rings is 1. The maximum Gasteiger partial charge on any atom is 0.269 e. The summed E-state index contributed by atoms with van der Waals surface area (Å²) < 4.78 is 0. The molecule has 0 aliphatic carbocycles. The minimum Gasteiger partial charge on any atom is -0.338 e. The maximum atomic E-state index is 12.9. The van der Waals surface area contributed by atoms with Crippen LogP contribution in [0.25, 0.3) is 0 Å². The van der Waals surface area contributed by atoms with Crippen LogP contribution in [0.15, 0.2) is 18.2 Å². The highest BCUT2D eigenvalue weighted by molar-refractivity contribution is 5.83. The molecule has 1 heterocycles. The number of nitrogens with two attached hydrogens (primary N) is 1. The summed E-state index contributed by atoms with van der Waals surface area (Å²) in [5, 5.41) is 10.9. The molecular weight excluding hydrogens is 282 g/mol. The zero-order valence-electron chi connectivity index (χ0n) is 13.2. The second-order valence-electron chi connectivity index (χ2n) is 5.88. The lowest BCUT2D eigenvalue weighted by molar-refractivity contribution is -0.385. The van der Waals surface area contributed by atoms with Crippen LogP contribution in [0.4, 0.5) is 5.69 Å². The number of fused-ring (bicyclic) bond motifs is 1. The van der Waals surface area contributed by atoms with Gasteiger partial charge in [0.1, 0.15) is 0 Å². The normalized spacial score (nSPS) is 14.6. The molecule has 0 saturated carbocycles. The second kappa shape index (κ2) is 6.44. The fourth-order valence-electron chi connectivity index (χ4n) is 3.09. The third kappa shape index (κ3) is 2.83. The summed E-state index contributed by atoms with van der Waals surface area (Å²) in [5.74, 6) is 0.0668. The lowest BCUT2D eigenvalue weighted by Crippen LogP contribution is -2.49. The number of nitro groups is 1. The van der Waals surface area contributed by atoms with Crippen LogP contribution in [-0.4, -0.2) is 28.8 Å². The third-order valence-corrected chi connectivity index (χ3v) is 4.90. The minimum absolute atomic E-state index is 0.0668. The van der Waals surface area contributed by atoms with Gasteiger partial charge in [-0.05, 0) is 30.4 Å². The molecule has 0 unspecified atom stereocenters. The lowest BCUT2D eigenvalue weighted by Gasteiger charge is -2.37. The first kappa shape index (κ1) is 16.4. The first-order chi connectivity index (χ1) is 10.5. The van der Waals surface area contributed by atoms with E-state index < -0.39 is 10.3 Å². The van der Waals surface area contributed by atoms with Gasteiger partial charge in [-0.3, -0.25) is 14.9 Å². The Balaban J connectivity index is 2.25. The number of nitro benzene ring substituents is 1. The van der Waals surface area contributed by atoms with Gasteiger partial charge in [0, 0.05) is 31.8 Å². The summed E-state index contributed by atoms with van der Waals surface area (Å²) in [4.78, 5) is 25.2. The van der Waals surface area contributed by atoms with Crippen LogP contribution in [-0.2, 0) is 17.8 Å². The van der Waals surface area contributed by atoms with Gasteiger partial charge in [-0.15, -0.1) is 0 Å². The van der Waals surface area contributed by atoms with Crippen molar-refractivity contribution in [2.75, 3.05) is 13.1 Å². The average Bonchev–Trinajstić information content (AvgIpc) is 2.55. The fourth-order valence-corrected chi connectivity index (χ4v) is 3.09. The molecule has 0 saturated heterocycles. The Hall–Kier alpha value is -1.95. The molecule has 1 aromatic carbocycles. The molecular formula is C16H23N3O3. The molecule has 2 N–H and O–H groups in total. The monoisotopic (exact) mass is 305 g/mol. The van der Waals surface area contributed by atoms with Gasteiger partial charge in [0.15, 0.2) is 0 Å². The predicted molar refractivity (Wildman–Crippen MR) is 84.3 cm³/mol. The molecule has 1 aliphatic heterocycles. The molecule has 22 heavy (non-hydrogen) atoms. The van der Waals surface area contributed by atoms with Crippen LogP contribution < -0.4 is 5.73 Å². The van der Waals surface area contributed by atoms with Crippen molar-refractivity contribution in [2.24, 2.45) is 11.1 Å². The van der Waals surface area contributed by atoms with Crippen LogP contribution in [0.3, 0.4) is 0 Å². The molecule has 6 heteroatoms. The molecule has 0 spiro atoms. The molecule has 0 atom stereocenters. The highest BCUT2D eigenvalue weighted by Crippen LogP contribution is 2.31. The van der Waals surface area contributed by atoms with Crippen LogP contribution in [0.5, 0.6) is 0 Å². The second-order valence-corrected chi connectivity index (χ2v) is 5.88. The fraction of sp³-hybridized carbons (Fsp3) is 0.562. The molecule has 6 nitrogen and oxygen atoms in total. The highest BCUT2D eigenvalue weighted by atomic mass is 16.6. The van der Waals surface area contributed by atoms with Crippen molar-refractivity contribution < 1.29 is 9.72 Å². The van der Waals surface area contributed by atoms with Gasteiger partial charge in [0.2, 0.25) is 5.91 Å². The Kier molecular flexibility index (Phi) is 4.81. The van der Waals surface area contributed by atoms with Gasteiger partial charge in [0.25, 0.3) is 5.69 Å². The number of hydrogen-bond donors (Lipinski definition) is 1. The molecule has 2 rings (SSSR count). The molecule has 0 radical (unpaired) electrons. The van der Waals surface area contributed by atoms with E-state index in [0.717, 1.165) is 17.5 Å². The number of carbonyl (C=O) groups is 1. The Labute approximate surface area is 130 Å². The summed E-state index contributed by atoms with van der Waals surface area (Å²) in [5.41, 5.74) is 7.37. The number of amides is 1. The Morgan fingerprint density at radius 1 is 1.36 bits per heavy atom. The first-order valence-corrected chi connectivity index (χ1v) is 7.73. The molecule has 0 aromatic heterocycles. The van der Waals surface area contributed by atoms with Crippen LogP contribution in [0.1, 0.15) is 37.8 Å². The van der Waals surface area contributed by atoms with E-state index in [-0.39, 0.29) is 11.6 Å². The van der Waals surface area contributed by atoms with E-state index in [4.69, 9.17) is 5.73 Å². The van der Waals surface area contributed by atoms with Crippen LogP contribution in [0.2, 0.25) is 0 Å². The highest BCUT2D eigenvalue weighted by Gasteiger charge is 2.37. The Morgan fingerprint density at radius 3 is 2.59 bits per heavy atom. The zero-order chi connectivity index (χ0) is 16.3. The van der Waals surface area contributed by atoms with Crippen molar-refractivity contribution in [1.82, 2.24) is 4.90 Å². The van der Waals surface area contributed by atoms with Gasteiger partial charge in [0.05, 0.1) is 10.3 Å². The van der Waals surface area contributed by atoms with E-state index in [1.54, 1.807) is 17.0 Å². The smallest absolute Gasteiger partial charge is 0.269 e. The van der Waals surface area contributed by atoms with Gasteiger partial charge in [-0.25, -0.2) is 0 Å². The quantitative estimate of drug-likeness (QED) is 0.667. The van der Waals surface area contributed by atoms with Crippen LogP contribution in [0, 0.1) is 15.5 Å². The third-order valence-electron chi connectivity index (χ3n) is 4.90. The van der Waals surface area contributed by atoms with Crippen molar-refractivity contribution in [2.45, 2.75) is 39.7 Å². The maximum absolute atomic E-state index is 12.9. The van der Waals surface area contributed by atoms with Crippen molar-refractivity contribution in [3.05, 3.63) is 39.4 Å². The summed E-state index contributed by atoms with van der Waals surface area (Å²) in [6.07, 6.45) is 2.14. The van der Waals surface area contributed by atoms with Gasteiger partial charge in [-0.2, -0.15) is 0 Å². The summed E-state index contributed by atoms with van der Waals surface area (Å²) >= 11 is 0. The van der Waals surface area contributed by atoms with Crippen molar-refractivity contribution in [1.29, 1.82) is 0 Å². The van der Waals surface area contributed by atoms with Crippen LogP contribution >= 0.6 is 0 Å². The molecule has 1 aliphatic rings. The number of rotatable bonds is 5. The van der Waals surface area contributed by atoms with E-state index in [2.05, 4.69) is 0 Å². The SMILES string of the molecule is CCC(CC)(CN)C(=O)N1CCc2ccc([N+](=O)[O-])cc2C1. The van der Waals surface area contributed by atoms with Crippen molar-refractivity contribution in [3.63, 3.8) is 0 Å². The summed E-state index contributed by atoms with van der Waals surface area (Å²) in [6.45, 7) is 5.37. The largest absolute Gasteiger partial charge is 0.338 e. The standard InChI is InChI=1S/C16H23N3O3/c1-3-16(4-2,11-17)15(20)18-8-7-12-5-6-14(19(21)22)9-13(12)10-18/h5-6,9H,3-4,7-8,10-11,17H2,1-2H3. The molecule has 120 valence electrons. The first-order valence-electron chi connectivity index (χ1n) is 7.73. The van der Waals surface area contributed by atoms with Crippen molar-refractivity contribution in [3.8, 4) is 0 Å². The van der Waals surface area contributed by atoms with E-state index in [0.29, 0.717) is 32.5 Å². The number of nitrogens with zero attached hydrogens (tertiary/aromatic N) is 2. The van der Waals surface area contributed by atoms with E-state index in [9.17, 15) is 14.9 Å². The van der Waals surface area contributed by atoms with Gasteiger partial charge in [-0.1, -0.05) is 19.9 Å². The number of hydrogen-bond acceptors (Lipinski definition) is 4. The Morgan fingerprint density at radius 2 is 2.05 bits per heavy atom. The predicted octanol–water partition coefficient (Wildman–Crippen LogP) is 2.24. The number of non-ortho nitro benzene ring substituents is 1.